The maximum Gasteiger partial charge on any atom is 0.306 e. The minimum atomic E-state index is -0.771. The van der Waals surface area contributed by atoms with E-state index in [2.05, 4.69) is 98.9 Å². The van der Waals surface area contributed by atoms with Crippen LogP contribution in [-0.2, 0) is 19.1 Å². The van der Waals surface area contributed by atoms with Crippen molar-refractivity contribution in [3.8, 4) is 0 Å². The van der Waals surface area contributed by atoms with Crippen LogP contribution in [-0.4, -0.2) is 36.4 Å². The van der Waals surface area contributed by atoms with Gasteiger partial charge in [0.25, 0.3) is 0 Å². The lowest BCUT2D eigenvalue weighted by Gasteiger charge is -2.15. The Hall–Kier alpha value is -2.92. The van der Waals surface area contributed by atoms with Crippen LogP contribution in [0.25, 0.3) is 0 Å². The van der Waals surface area contributed by atoms with Crippen molar-refractivity contribution in [2.75, 3.05) is 13.2 Å². The fourth-order valence-electron chi connectivity index (χ4n) is 8.89. The van der Waals surface area contributed by atoms with Gasteiger partial charge in [0.1, 0.15) is 6.61 Å². The summed E-state index contributed by atoms with van der Waals surface area (Å²) in [6.45, 7) is 4.06. The summed E-state index contributed by atoms with van der Waals surface area (Å²) in [5.74, 6) is -0.576. The molecule has 5 heteroatoms. The number of hydrogen-bond donors (Lipinski definition) is 1. The molecule has 0 aliphatic rings. The number of carbonyl (C=O) groups is 2. The fraction of sp³-hybridized carbons (Fsp3) is 0.758. The highest BCUT2D eigenvalue weighted by atomic mass is 16.6. The quantitative estimate of drug-likeness (QED) is 0.0373. The summed E-state index contributed by atoms with van der Waals surface area (Å²) < 4.78 is 10.7. The third-order valence-corrected chi connectivity index (χ3v) is 13.5. The van der Waals surface area contributed by atoms with Gasteiger partial charge in [-0.1, -0.05) is 304 Å². The van der Waals surface area contributed by atoms with Gasteiger partial charge in [0.05, 0.1) is 6.61 Å². The summed E-state index contributed by atoms with van der Waals surface area (Å²) in [6, 6.07) is 0. The van der Waals surface area contributed by atoms with Gasteiger partial charge in [0, 0.05) is 12.8 Å². The third-order valence-electron chi connectivity index (χ3n) is 13.5. The molecule has 71 heavy (non-hydrogen) atoms. The number of rotatable bonds is 56. The Morgan fingerprint density at radius 3 is 0.915 bits per heavy atom. The summed E-state index contributed by atoms with van der Waals surface area (Å²) in [4.78, 5) is 24.5. The van der Waals surface area contributed by atoms with Crippen molar-refractivity contribution in [2.24, 2.45) is 0 Å². The Labute approximate surface area is 441 Å². The summed E-state index contributed by atoms with van der Waals surface area (Å²) in [5, 5.41) is 9.65. The zero-order valence-corrected chi connectivity index (χ0v) is 47.0. The van der Waals surface area contributed by atoms with Crippen LogP contribution in [0.15, 0.2) is 85.1 Å². The molecular formula is C66H116O5. The molecule has 0 saturated heterocycles. The van der Waals surface area contributed by atoms with Crippen LogP contribution in [0.2, 0.25) is 0 Å². The molecule has 0 radical (unpaired) electrons. The molecule has 1 unspecified atom stereocenters. The Bertz CT molecular complexity index is 1300. The van der Waals surface area contributed by atoms with Crippen molar-refractivity contribution in [1.29, 1.82) is 0 Å². The summed E-state index contributed by atoms with van der Waals surface area (Å²) in [7, 11) is 0. The average Bonchev–Trinajstić information content (AvgIpc) is 3.37. The lowest BCUT2D eigenvalue weighted by atomic mass is 10.0. The van der Waals surface area contributed by atoms with E-state index in [1.54, 1.807) is 0 Å². The van der Waals surface area contributed by atoms with Crippen LogP contribution in [0.4, 0.5) is 0 Å². The van der Waals surface area contributed by atoms with Gasteiger partial charge in [0.2, 0.25) is 0 Å². The van der Waals surface area contributed by atoms with E-state index in [0.29, 0.717) is 12.8 Å². The molecule has 1 atom stereocenters. The molecule has 0 fully saturated rings. The van der Waals surface area contributed by atoms with Crippen LogP contribution in [0.3, 0.4) is 0 Å². The van der Waals surface area contributed by atoms with Crippen LogP contribution in [0.5, 0.6) is 0 Å². The molecule has 0 aromatic heterocycles. The van der Waals surface area contributed by atoms with E-state index in [1.165, 1.54) is 193 Å². The fourth-order valence-corrected chi connectivity index (χ4v) is 8.89. The van der Waals surface area contributed by atoms with Crippen molar-refractivity contribution < 1.29 is 24.2 Å². The molecule has 0 aromatic carbocycles. The molecule has 1 N–H and O–H groups in total. The predicted octanol–water partition coefficient (Wildman–Crippen LogP) is 20.9. The second-order valence-electron chi connectivity index (χ2n) is 20.4. The Morgan fingerprint density at radius 1 is 0.338 bits per heavy atom. The molecular weight excluding hydrogens is 873 g/mol. The molecule has 5 nitrogen and oxygen atoms in total. The van der Waals surface area contributed by atoms with Gasteiger partial charge in [0.15, 0.2) is 6.10 Å². The molecule has 0 saturated carbocycles. The maximum absolute atomic E-state index is 12.3. The molecule has 0 spiro atoms. The number of aliphatic hydroxyl groups excluding tert-OH is 1. The number of esters is 2. The first-order valence-electron chi connectivity index (χ1n) is 30.6. The number of allylic oxidation sites excluding steroid dienone is 14. The number of aliphatic hydroxyl groups is 1. The van der Waals surface area contributed by atoms with Gasteiger partial charge in [-0.2, -0.15) is 0 Å². The van der Waals surface area contributed by atoms with E-state index in [9.17, 15) is 14.7 Å². The molecule has 0 aliphatic carbocycles. The lowest BCUT2D eigenvalue weighted by molar-refractivity contribution is -0.161. The highest BCUT2D eigenvalue weighted by molar-refractivity contribution is 5.70. The first-order chi connectivity index (χ1) is 35.1. The Morgan fingerprint density at radius 2 is 0.606 bits per heavy atom. The topological polar surface area (TPSA) is 72.8 Å². The largest absolute Gasteiger partial charge is 0.462 e. The Balaban J connectivity index is 3.44. The third kappa shape index (κ3) is 59.5. The summed E-state index contributed by atoms with van der Waals surface area (Å²) in [6.07, 6.45) is 85.8. The van der Waals surface area contributed by atoms with Gasteiger partial charge in [-0.25, -0.2) is 0 Å². The number of ether oxygens (including phenoxy) is 2. The van der Waals surface area contributed by atoms with E-state index in [-0.39, 0.29) is 25.2 Å². The number of hydrogen-bond acceptors (Lipinski definition) is 5. The highest BCUT2D eigenvalue weighted by Crippen LogP contribution is 2.17. The second-order valence-corrected chi connectivity index (χ2v) is 20.4. The van der Waals surface area contributed by atoms with E-state index in [0.717, 1.165) is 83.5 Å². The van der Waals surface area contributed by atoms with Gasteiger partial charge >= 0.3 is 11.9 Å². The van der Waals surface area contributed by atoms with E-state index in [4.69, 9.17) is 9.47 Å². The molecule has 0 bridgehead atoms. The summed E-state index contributed by atoms with van der Waals surface area (Å²) >= 11 is 0. The first-order valence-corrected chi connectivity index (χ1v) is 30.6. The van der Waals surface area contributed by atoms with E-state index >= 15 is 0 Å². The zero-order chi connectivity index (χ0) is 51.3. The Kier molecular flexibility index (Phi) is 58.9. The molecule has 0 rings (SSSR count). The van der Waals surface area contributed by atoms with E-state index in [1.807, 2.05) is 0 Å². The number of unbranched alkanes of at least 4 members (excludes halogenated alkanes) is 34. The second kappa shape index (κ2) is 61.4. The van der Waals surface area contributed by atoms with Crippen molar-refractivity contribution in [3.63, 3.8) is 0 Å². The highest BCUT2D eigenvalue weighted by Gasteiger charge is 2.16. The molecule has 0 aromatic rings. The average molecular weight is 990 g/mol. The van der Waals surface area contributed by atoms with Crippen molar-refractivity contribution in [1.82, 2.24) is 0 Å². The molecule has 410 valence electrons. The SMILES string of the molecule is CC/C=C\C/C=C\C/C=C\C/C=C\C/C=C\C/C=C\C/C=C\CCCCCCCCCCCCCCCCCCCCCC(=O)OC(CO)COC(=O)CCCCCCCCCCCCCCCCCC. The normalized spacial score (nSPS) is 12.8. The van der Waals surface area contributed by atoms with Crippen molar-refractivity contribution >= 4 is 11.9 Å². The molecule has 0 amide bonds. The lowest BCUT2D eigenvalue weighted by Crippen LogP contribution is -2.28. The van der Waals surface area contributed by atoms with Gasteiger partial charge in [-0.3, -0.25) is 9.59 Å². The smallest absolute Gasteiger partial charge is 0.306 e. The monoisotopic (exact) mass is 989 g/mol. The minimum Gasteiger partial charge on any atom is -0.462 e. The van der Waals surface area contributed by atoms with Crippen LogP contribution < -0.4 is 0 Å². The standard InChI is InChI=1S/C66H116O5/c1-3-5-7-9-11-13-15-17-19-21-22-23-24-25-26-27-28-29-30-31-32-33-34-35-36-37-38-39-40-41-42-43-44-45-47-49-51-53-55-57-59-61-66(69)71-64(62-67)63-70-65(68)60-58-56-54-52-50-48-46-20-18-16-14-12-10-8-6-4-2/h5,7,11,13,17,19,22-23,25-26,28-29,31-32,64,67H,3-4,6,8-10,12,14-16,18,20-21,24,27,30,33-63H2,1-2H3/b7-5-,13-11-,19-17-,23-22-,26-25-,29-28-,32-31-. The van der Waals surface area contributed by atoms with Crippen LogP contribution in [0, 0.1) is 0 Å². The molecule has 0 aliphatic heterocycles. The number of carbonyl (C=O) groups excluding carboxylic acids is 2. The van der Waals surface area contributed by atoms with Gasteiger partial charge in [-0.15, -0.1) is 0 Å². The predicted molar refractivity (Wildman–Crippen MR) is 311 cm³/mol. The maximum atomic E-state index is 12.3. The van der Waals surface area contributed by atoms with E-state index < -0.39 is 6.10 Å². The van der Waals surface area contributed by atoms with Crippen molar-refractivity contribution in [3.05, 3.63) is 85.1 Å². The summed E-state index contributed by atoms with van der Waals surface area (Å²) in [5.41, 5.74) is 0. The first kappa shape index (κ1) is 68.1. The van der Waals surface area contributed by atoms with Crippen LogP contribution >= 0.6 is 0 Å². The minimum absolute atomic E-state index is 0.0619. The van der Waals surface area contributed by atoms with Crippen molar-refractivity contribution in [2.45, 2.75) is 309 Å². The van der Waals surface area contributed by atoms with Gasteiger partial charge in [-0.05, 0) is 70.6 Å². The molecule has 0 heterocycles. The zero-order valence-electron chi connectivity index (χ0n) is 47.0. The van der Waals surface area contributed by atoms with Gasteiger partial charge < -0.3 is 14.6 Å². The van der Waals surface area contributed by atoms with Crippen LogP contribution in [0.1, 0.15) is 303 Å².